The third-order valence-corrected chi connectivity index (χ3v) is 3.73. The van der Waals surface area contributed by atoms with Crippen LogP contribution in [-0.4, -0.2) is 5.78 Å². The molecule has 0 aromatic carbocycles. The molecule has 0 spiro atoms. The fraction of sp³-hybridized carbons (Fsp3) is 0.929. The lowest BCUT2D eigenvalue weighted by Gasteiger charge is -2.27. The first kappa shape index (κ1) is 12.7. The largest absolute Gasteiger partial charge is 0.299 e. The highest BCUT2D eigenvalue weighted by Crippen LogP contribution is 2.30. The molecule has 1 heteroatoms. The van der Waals surface area contributed by atoms with Crippen LogP contribution in [0.15, 0.2) is 0 Å². The second-order valence-electron chi connectivity index (χ2n) is 5.62. The molecule has 88 valence electrons. The molecule has 0 N–H and O–H groups in total. The summed E-state index contributed by atoms with van der Waals surface area (Å²) in [6, 6.07) is 0. The van der Waals surface area contributed by atoms with Crippen molar-refractivity contribution >= 4 is 5.78 Å². The first-order valence-corrected chi connectivity index (χ1v) is 6.64. The van der Waals surface area contributed by atoms with Crippen LogP contribution in [0.5, 0.6) is 0 Å². The molecule has 1 aliphatic carbocycles. The minimum atomic E-state index is 0.394. The molecule has 1 saturated carbocycles. The Hall–Kier alpha value is -0.330. The number of rotatable bonds is 5. The summed E-state index contributed by atoms with van der Waals surface area (Å²) in [6.45, 7) is 6.80. The van der Waals surface area contributed by atoms with Gasteiger partial charge in [0.05, 0.1) is 0 Å². The predicted octanol–water partition coefficient (Wildman–Crippen LogP) is 4.21. The van der Waals surface area contributed by atoms with Gasteiger partial charge in [0.2, 0.25) is 0 Å². The van der Waals surface area contributed by atoms with E-state index in [0.717, 1.165) is 25.2 Å². The van der Waals surface area contributed by atoms with Crippen LogP contribution in [0, 0.1) is 17.8 Å². The average molecular weight is 210 g/mol. The normalized spacial score (nSPS) is 27.3. The van der Waals surface area contributed by atoms with Crippen molar-refractivity contribution in [2.75, 3.05) is 0 Å². The highest BCUT2D eigenvalue weighted by atomic mass is 16.1. The highest BCUT2D eigenvalue weighted by Gasteiger charge is 2.27. The number of hydrogen-bond donors (Lipinski definition) is 0. The van der Waals surface area contributed by atoms with E-state index in [1.807, 2.05) is 0 Å². The van der Waals surface area contributed by atoms with Crippen molar-refractivity contribution < 1.29 is 4.79 Å². The van der Waals surface area contributed by atoms with E-state index in [4.69, 9.17) is 0 Å². The third kappa shape index (κ3) is 4.36. The second-order valence-corrected chi connectivity index (χ2v) is 5.62. The number of unbranched alkanes of at least 4 members (excludes halogenated alkanes) is 1. The zero-order chi connectivity index (χ0) is 11.3. The van der Waals surface area contributed by atoms with Gasteiger partial charge < -0.3 is 0 Å². The van der Waals surface area contributed by atoms with E-state index in [9.17, 15) is 4.79 Å². The van der Waals surface area contributed by atoms with Crippen molar-refractivity contribution in [3.63, 3.8) is 0 Å². The molecule has 0 aromatic heterocycles. The Balaban J connectivity index is 2.21. The molecule has 0 aromatic rings. The van der Waals surface area contributed by atoms with Crippen LogP contribution in [0.3, 0.4) is 0 Å². The van der Waals surface area contributed by atoms with E-state index in [0.29, 0.717) is 17.6 Å². The molecular formula is C14H26O. The third-order valence-electron chi connectivity index (χ3n) is 3.73. The van der Waals surface area contributed by atoms with Crippen molar-refractivity contribution in [2.24, 2.45) is 17.8 Å². The molecule has 0 bridgehead atoms. The smallest absolute Gasteiger partial charge is 0.136 e. The Bertz CT molecular complexity index is 196. The van der Waals surface area contributed by atoms with E-state index in [1.54, 1.807) is 0 Å². The molecule has 0 radical (unpaired) electrons. The Kier molecular flexibility index (Phi) is 5.35. The molecule has 1 rings (SSSR count). The Labute approximate surface area is 94.6 Å². The second kappa shape index (κ2) is 6.30. The monoisotopic (exact) mass is 210 g/mol. The number of carbonyl (C=O) groups excluding carboxylic acids is 1. The van der Waals surface area contributed by atoms with Gasteiger partial charge >= 0.3 is 0 Å². The van der Waals surface area contributed by atoms with Crippen LogP contribution in [0.2, 0.25) is 0 Å². The van der Waals surface area contributed by atoms with Crippen LogP contribution < -0.4 is 0 Å². The molecule has 2 unspecified atom stereocenters. The van der Waals surface area contributed by atoms with Gasteiger partial charge in [0.25, 0.3) is 0 Å². The molecule has 1 nitrogen and oxygen atoms in total. The average Bonchev–Trinajstić information content (AvgIpc) is 2.15. The van der Waals surface area contributed by atoms with Gasteiger partial charge in [-0.25, -0.2) is 0 Å². The van der Waals surface area contributed by atoms with Crippen LogP contribution in [0.4, 0.5) is 0 Å². The van der Waals surface area contributed by atoms with Gasteiger partial charge in [-0.3, -0.25) is 4.79 Å². The van der Waals surface area contributed by atoms with Gasteiger partial charge in [0, 0.05) is 12.3 Å². The number of carbonyl (C=O) groups is 1. The van der Waals surface area contributed by atoms with Crippen molar-refractivity contribution in [1.29, 1.82) is 0 Å². The topological polar surface area (TPSA) is 17.1 Å². The van der Waals surface area contributed by atoms with Crippen molar-refractivity contribution in [1.82, 2.24) is 0 Å². The summed E-state index contributed by atoms with van der Waals surface area (Å²) in [5.74, 6) is 2.39. The van der Waals surface area contributed by atoms with E-state index in [2.05, 4.69) is 20.8 Å². The highest BCUT2D eigenvalue weighted by molar-refractivity contribution is 5.81. The standard InChI is InChI=1S/C14H26O/c1-11(2)7-4-5-9-13-12(3)8-6-10-14(13)15/h11-13H,4-10H2,1-3H3. The van der Waals surface area contributed by atoms with Crippen LogP contribution in [0.1, 0.15) is 65.7 Å². The summed E-state index contributed by atoms with van der Waals surface area (Å²) in [7, 11) is 0. The van der Waals surface area contributed by atoms with Crippen molar-refractivity contribution in [3.05, 3.63) is 0 Å². The first-order chi connectivity index (χ1) is 7.11. The lowest BCUT2D eigenvalue weighted by atomic mass is 9.77. The summed E-state index contributed by atoms with van der Waals surface area (Å²) in [5, 5.41) is 0. The molecule has 1 aliphatic rings. The van der Waals surface area contributed by atoms with Gasteiger partial charge in [0.1, 0.15) is 5.78 Å². The maximum Gasteiger partial charge on any atom is 0.136 e. The minimum absolute atomic E-state index is 0.394. The number of hydrogen-bond acceptors (Lipinski definition) is 1. The van der Waals surface area contributed by atoms with E-state index in [1.165, 1.54) is 25.7 Å². The minimum Gasteiger partial charge on any atom is -0.299 e. The Morgan fingerprint density at radius 3 is 2.67 bits per heavy atom. The molecule has 0 saturated heterocycles. The van der Waals surface area contributed by atoms with Gasteiger partial charge in [-0.05, 0) is 31.1 Å². The summed E-state index contributed by atoms with van der Waals surface area (Å²) in [4.78, 5) is 11.7. The summed E-state index contributed by atoms with van der Waals surface area (Å²) >= 11 is 0. The molecule has 1 fully saturated rings. The van der Waals surface area contributed by atoms with E-state index in [-0.39, 0.29) is 0 Å². The number of Topliss-reactive ketones (excluding diaryl/α,β-unsaturated/α-hetero) is 1. The SMILES string of the molecule is CC(C)CCCCC1C(=O)CCCC1C. The molecule has 15 heavy (non-hydrogen) atoms. The first-order valence-electron chi connectivity index (χ1n) is 6.64. The molecule has 0 aliphatic heterocycles. The van der Waals surface area contributed by atoms with Crippen LogP contribution >= 0.6 is 0 Å². The van der Waals surface area contributed by atoms with Crippen molar-refractivity contribution in [2.45, 2.75) is 65.7 Å². The molecule has 0 heterocycles. The maximum absolute atomic E-state index is 11.7. The van der Waals surface area contributed by atoms with E-state index >= 15 is 0 Å². The predicted molar refractivity (Wildman–Crippen MR) is 64.8 cm³/mol. The molecular weight excluding hydrogens is 184 g/mol. The lowest BCUT2D eigenvalue weighted by molar-refractivity contribution is -0.126. The van der Waals surface area contributed by atoms with E-state index < -0.39 is 0 Å². The lowest BCUT2D eigenvalue weighted by Crippen LogP contribution is -2.26. The van der Waals surface area contributed by atoms with Gasteiger partial charge in [-0.2, -0.15) is 0 Å². The van der Waals surface area contributed by atoms with Crippen LogP contribution in [0.25, 0.3) is 0 Å². The fourth-order valence-corrected chi connectivity index (χ4v) is 2.66. The maximum atomic E-state index is 11.7. The van der Waals surface area contributed by atoms with Crippen LogP contribution in [-0.2, 0) is 4.79 Å². The molecule has 2 atom stereocenters. The zero-order valence-electron chi connectivity index (χ0n) is 10.6. The van der Waals surface area contributed by atoms with Gasteiger partial charge in [-0.1, -0.05) is 40.0 Å². The van der Waals surface area contributed by atoms with Crippen molar-refractivity contribution in [3.8, 4) is 0 Å². The Morgan fingerprint density at radius 2 is 2.07 bits per heavy atom. The van der Waals surface area contributed by atoms with Gasteiger partial charge in [0.15, 0.2) is 0 Å². The quantitative estimate of drug-likeness (QED) is 0.621. The summed E-state index contributed by atoms with van der Waals surface area (Å²) in [5.41, 5.74) is 0. The summed E-state index contributed by atoms with van der Waals surface area (Å²) in [6.07, 6.45) is 8.25. The molecule has 0 amide bonds. The fourth-order valence-electron chi connectivity index (χ4n) is 2.66. The Morgan fingerprint density at radius 1 is 1.33 bits per heavy atom. The number of ketones is 1. The zero-order valence-corrected chi connectivity index (χ0v) is 10.6. The summed E-state index contributed by atoms with van der Waals surface area (Å²) < 4.78 is 0. The van der Waals surface area contributed by atoms with Gasteiger partial charge in [-0.15, -0.1) is 0 Å².